The topological polar surface area (TPSA) is 55.4 Å². The highest BCUT2D eigenvalue weighted by molar-refractivity contribution is 5.92. The number of halogens is 3. The Morgan fingerprint density at radius 1 is 1.30 bits per heavy atom. The second kappa shape index (κ2) is 7.30. The SMILES string of the molecule is O=C(COC(=O)C[C@H]1C=CCC1)Nc1cccc(C(F)(F)F)c1. The second-order valence-electron chi connectivity index (χ2n) is 5.26. The van der Waals surface area contributed by atoms with Crippen molar-refractivity contribution in [1.82, 2.24) is 0 Å². The maximum Gasteiger partial charge on any atom is 0.416 e. The molecule has 1 N–H and O–H groups in total. The molecular formula is C16H16F3NO3. The predicted molar refractivity (Wildman–Crippen MR) is 77.5 cm³/mol. The van der Waals surface area contributed by atoms with E-state index in [0.717, 1.165) is 25.0 Å². The largest absolute Gasteiger partial charge is 0.456 e. The zero-order valence-electron chi connectivity index (χ0n) is 12.2. The fourth-order valence-electron chi connectivity index (χ4n) is 2.25. The summed E-state index contributed by atoms with van der Waals surface area (Å²) in [6.07, 6.45) is 1.44. The van der Waals surface area contributed by atoms with Crippen LogP contribution in [0.2, 0.25) is 0 Å². The highest BCUT2D eigenvalue weighted by Crippen LogP contribution is 2.30. The summed E-state index contributed by atoms with van der Waals surface area (Å²) in [5, 5.41) is 2.27. The minimum Gasteiger partial charge on any atom is -0.456 e. The van der Waals surface area contributed by atoms with Crippen molar-refractivity contribution >= 4 is 17.6 Å². The van der Waals surface area contributed by atoms with E-state index in [2.05, 4.69) is 5.32 Å². The average Bonchev–Trinajstić information content (AvgIpc) is 2.97. The number of benzene rings is 1. The molecule has 0 radical (unpaired) electrons. The Morgan fingerprint density at radius 3 is 2.74 bits per heavy atom. The minimum absolute atomic E-state index is 0.000370. The van der Waals surface area contributed by atoms with Gasteiger partial charge in [-0.25, -0.2) is 0 Å². The maximum atomic E-state index is 12.6. The molecule has 1 atom stereocenters. The van der Waals surface area contributed by atoms with Crippen LogP contribution in [0.4, 0.5) is 18.9 Å². The summed E-state index contributed by atoms with van der Waals surface area (Å²) in [6, 6.07) is 4.25. The highest BCUT2D eigenvalue weighted by Gasteiger charge is 2.30. The van der Waals surface area contributed by atoms with Crippen LogP contribution >= 0.6 is 0 Å². The number of hydrogen-bond donors (Lipinski definition) is 1. The van der Waals surface area contributed by atoms with E-state index in [0.29, 0.717) is 0 Å². The quantitative estimate of drug-likeness (QED) is 0.665. The van der Waals surface area contributed by atoms with E-state index in [1.807, 2.05) is 12.2 Å². The minimum atomic E-state index is -4.48. The monoisotopic (exact) mass is 327 g/mol. The summed E-state index contributed by atoms with van der Waals surface area (Å²) >= 11 is 0. The first-order valence-electron chi connectivity index (χ1n) is 7.14. The van der Waals surface area contributed by atoms with Crippen LogP contribution in [0.15, 0.2) is 36.4 Å². The first-order chi connectivity index (χ1) is 10.8. The fraction of sp³-hybridized carbons (Fsp3) is 0.375. The predicted octanol–water partition coefficient (Wildman–Crippen LogP) is 3.54. The molecular weight excluding hydrogens is 311 g/mol. The average molecular weight is 327 g/mol. The Labute approximate surface area is 131 Å². The van der Waals surface area contributed by atoms with Gasteiger partial charge in [0.1, 0.15) is 0 Å². The number of esters is 1. The van der Waals surface area contributed by atoms with E-state index in [9.17, 15) is 22.8 Å². The molecule has 1 amide bonds. The number of hydrogen-bond acceptors (Lipinski definition) is 3. The van der Waals surface area contributed by atoms with Gasteiger partial charge in [0.15, 0.2) is 6.61 Å². The van der Waals surface area contributed by atoms with Crippen LogP contribution in [0.3, 0.4) is 0 Å². The number of alkyl halides is 3. The normalized spacial score (nSPS) is 17.1. The van der Waals surface area contributed by atoms with E-state index >= 15 is 0 Å². The van der Waals surface area contributed by atoms with E-state index in [-0.39, 0.29) is 18.0 Å². The molecule has 0 bridgehead atoms. The van der Waals surface area contributed by atoms with Crippen LogP contribution in [0, 0.1) is 5.92 Å². The van der Waals surface area contributed by atoms with Gasteiger partial charge in [-0.3, -0.25) is 9.59 Å². The molecule has 0 saturated heterocycles. The molecule has 4 nitrogen and oxygen atoms in total. The van der Waals surface area contributed by atoms with Crippen LogP contribution in [-0.4, -0.2) is 18.5 Å². The number of carbonyl (C=O) groups excluding carboxylic acids is 2. The van der Waals surface area contributed by atoms with E-state index in [4.69, 9.17) is 4.74 Å². The zero-order chi connectivity index (χ0) is 16.9. The Hall–Kier alpha value is -2.31. The molecule has 0 heterocycles. The smallest absolute Gasteiger partial charge is 0.416 e. The molecule has 2 rings (SSSR count). The fourth-order valence-corrected chi connectivity index (χ4v) is 2.25. The molecule has 1 aromatic rings. The van der Waals surface area contributed by atoms with E-state index in [1.54, 1.807) is 0 Å². The first-order valence-corrected chi connectivity index (χ1v) is 7.14. The van der Waals surface area contributed by atoms with Crippen LogP contribution in [0.25, 0.3) is 0 Å². The lowest BCUT2D eigenvalue weighted by molar-refractivity contribution is -0.147. The standard InChI is InChI=1S/C16H16F3NO3/c17-16(18,19)12-6-3-7-13(9-12)20-14(21)10-23-15(22)8-11-4-1-2-5-11/h1,3-4,6-7,9,11H,2,5,8,10H2,(H,20,21)/t11-/m0/s1. The summed E-state index contributed by atoms with van der Waals surface area (Å²) in [5.74, 6) is -1.05. The van der Waals surface area contributed by atoms with Gasteiger partial charge in [-0.05, 0) is 37.0 Å². The number of ether oxygens (including phenoxy) is 1. The Kier molecular flexibility index (Phi) is 5.41. The molecule has 1 aliphatic rings. The molecule has 0 aromatic heterocycles. The number of nitrogens with one attached hydrogen (secondary N) is 1. The summed E-state index contributed by atoms with van der Waals surface area (Å²) < 4.78 is 42.5. The van der Waals surface area contributed by atoms with Crippen molar-refractivity contribution in [2.45, 2.75) is 25.4 Å². The highest BCUT2D eigenvalue weighted by atomic mass is 19.4. The molecule has 7 heteroatoms. The second-order valence-corrected chi connectivity index (χ2v) is 5.26. The van der Waals surface area contributed by atoms with Gasteiger partial charge >= 0.3 is 12.1 Å². The first kappa shape index (κ1) is 17.1. The lowest BCUT2D eigenvalue weighted by atomic mass is 10.1. The van der Waals surface area contributed by atoms with Crippen LogP contribution in [0.1, 0.15) is 24.8 Å². The van der Waals surface area contributed by atoms with E-state index in [1.165, 1.54) is 12.1 Å². The number of carbonyl (C=O) groups is 2. The van der Waals surface area contributed by atoms with Gasteiger partial charge in [0.2, 0.25) is 0 Å². The third kappa shape index (κ3) is 5.43. The summed E-state index contributed by atoms with van der Waals surface area (Å²) in [4.78, 5) is 23.2. The molecule has 1 aromatic carbocycles. The van der Waals surface area contributed by atoms with E-state index < -0.39 is 30.2 Å². The van der Waals surface area contributed by atoms with Gasteiger partial charge in [0.25, 0.3) is 5.91 Å². The molecule has 0 fully saturated rings. The molecule has 124 valence electrons. The lowest BCUT2D eigenvalue weighted by Crippen LogP contribution is -2.21. The third-order valence-electron chi connectivity index (χ3n) is 3.38. The van der Waals surface area contributed by atoms with Gasteiger partial charge in [-0.1, -0.05) is 18.2 Å². The zero-order valence-corrected chi connectivity index (χ0v) is 12.2. The van der Waals surface area contributed by atoms with Crippen molar-refractivity contribution in [2.75, 3.05) is 11.9 Å². The number of rotatable bonds is 5. The summed E-state index contributed by atoms with van der Waals surface area (Å²) in [5.41, 5.74) is -0.861. The van der Waals surface area contributed by atoms with Crippen LogP contribution in [-0.2, 0) is 20.5 Å². The molecule has 23 heavy (non-hydrogen) atoms. The maximum absolute atomic E-state index is 12.6. The van der Waals surface area contributed by atoms with Gasteiger partial charge < -0.3 is 10.1 Å². The molecule has 0 unspecified atom stereocenters. The van der Waals surface area contributed by atoms with Gasteiger partial charge in [0, 0.05) is 5.69 Å². The molecule has 1 aliphatic carbocycles. The van der Waals surface area contributed by atoms with Crippen LogP contribution < -0.4 is 5.32 Å². The van der Waals surface area contributed by atoms with Crippen molar-refractivity contribution in [2.24, 2.45) is 5.92 Å². The van der Waals surface area contributed by atoms with Crippen molar-refractivity contribution < 1.29 is 27.5 Å². The van der Waals surface area contributed by atoms with Crippen molar-refractivity contribution in [3.8, 4) is 0 Å². The lowest BCUT2D eigenvalue weighted by Gasteiger charge is -2.11. The van der Waals surface area contributed by atoms with Crippen molar-refractivity contribution in [1.29, 1.82) is 0 Å². The van der Waals surface area contributed by atoms with Crippen molar-refractivity contribution in [3.63, 3.8) is 0 Å². The number of anilines is 1. The number of allylic oxidation sites excluding steroid dienone is 2. The molecule has 0 spiro atoms. The molecule has 0 saturated carbocycles. The summed E-state index contributed by atoms with van der Waals surface area (Å²) in [7, 11) is 0. The van der Waals surface area contributed by atoms with Gasteiger partial charge in [-0.2, -0.15) is 13.2 Å². The number of amides is 1. The van der Waals surface area contributed by atoms with Gasteiger partial charge in [-0.15, -0.1) is 0 Å². The third-order valence-corrected chi connectivity index (χ3v) is 3.38. The summed E-state index contributed by atoms with van der Waals surface area (Å²) in [6.45, 7) is -0.522. The van der Waals surface area contributed by atoms with Gasteiger partial charge in [0.05, 0.1) is 12.0 Å². The Morgan fingerprint density at radius 2 is 2.09 bits per heavy atom. The Balaban J connectivity index is 1.80. The Bertz CT molecular complexity index is 611. The molecule has 0 aliphatic heterocycles. The van der Waals surface area contributed by atoms with Crippen LogP contribution in [0.5, 0.6) is 0 Å². The van der Waals surface area contributed by atoms with Crippen molar-refractivity contribution in [3.05, 3.63) is 42.0 Å².